The van der Waals surface area contributed by atoms with Gasteiger partial charge in [-0.15, -0.1) is 11.3 Å². The topological polar surface area (TPSA) is 140 Å². The zero-order chi connectivity index (χ0) is 38.1. The number of benzene rings is 2. The maximum Gasteiger partial charge on any atom is 0.407 e. The van der Waals surface area contributed by atoms with E-state index in [2.05, 4.69) is 15.2 Å². The summed E-state index contributed by atoms with van der Waals surface area (Å²) in [6, 6.07) is 21.5. The van der Waals surface area contributed by atoms with Gasteiger partial charge in [-0.2, -0.15) is 0 Å². The lowest BCUT2D eigenvalue weighted by Gasteiger charge is -2.34. The van der Waals surface area contributed by atoms with Gasteiger partial charge in [-0.05, 0) is 59.7 Å². The second kappa shape index (κ2) is 17.6. The first kappa shape index (κ1) is 37.6. The normalized spacial score (nSPS) is 14.4. The molecular formula is C41H40FN5O7S. The highest BCUT2D eigenvalue weighted by molar-refractivity contribution is 7.22. The van der Waals surface area contributed by atoms with Gasteiger partial charge in [-0.3, -0.25) is 29.3 Å². The number of carbonyl (C=O) groups excluding carboxylic acids is 4. The molecule has 284 valence electrons. The largest absolute Gasteiger partial charge is 0.454 e. The van der Waals surface area contributed by atoms with Gasteiger partial charge < -0.3 is 24.4 Å². The molecule has 0 atom stereocenters. The monoisotopic (exact) mass is 765 g/mol. The third-order valence-electron chi connectivity index (χ3n) is 9.36. The van der Waals surface area contributed by atoms with Crippen molar-refractivity contribution in [3.8, 4) is 22.1 Å². The van der Waals surface area contributed by atoms with E-state index < -0.39 is 31.0 Å². The van der Waals surface area contributed by atoms with Crippen LogP contribution in [0.2, 0.25) is 0 Å². The first-order valence-electron chi connectivity index (χ1n) is 18.2. The standard InChI is InChI=1S/C41H40FN5O7S/c42-32-20-29(19-31(48)18-27-6-7-27)9-11-35(32)54-36-12-13-43-34-21-37(55-40(34)36)33-10-8-30(22-44-33)24-46-14-16-47(17-15-46)38(49)26-52-39(50)23-45-41(51)53-25-28-4-2-1-3-5-28/h1-5,8-13,20-22,27H,6-7,14-19,23-26H2,(H,45,51). The molecule has 7 rings (SSSR count). The van der Waals surface area contributed by atoms with E-state index in [1.165, 1.54) is 17.4 Å². The van der Waals surface area contributed by atoms with Crippen LogP contribution in [0.4, 0.5) is 9.18 Å². The van der Waals surface area contributed by atoms with E-state index in [0.717, 1.165) is 39.2 Å². The van der Waals surface area contributed by atoms with Crippen molar-refractivity contribution in [3.63, 3.8) is 0 Å². The van der Waals surface area contributed by atoms with Gasteiger partial charge in [0.25, 0.3) is 5.91 Å². The van der Waals surface area contributed by atoms with Crippen molar-refractivity contribution in [3.05, 3.63) is 108 Å². The van der Waals surface area contributed by atoms with Crippen LogP contribution < -0.4 is 10.1 Å². The number of esters is 1. The number of ketones is 1. The number of ether oxygens (including phenoxy) is 3. The van der Waals surface area contributed by atoms with Gasteiger partial charge in [-0.25, -0.2) is 9.18 Å². The fourth-order valence-corrected chi connectivity index (χ4v) is 7.24. The van der Waals surface area contributed by atoms with E-state index in [1.54, 1.807) is 29.3 Å². The predicted molar refractivity (Wildman–Crippen MR) is 203 cm³/mol. The van der Waals surface area contributed by atoms with Crippen molar-refractivity contribution < 1.29 is 37.8 Å². The fourth-order valence-electron chi connectivity index (χ4n) is 6.20. The van der Waals surface area contributed by atoms with E-state index in [4.69, 9.17) is 19.2 Å². The van der Waals surface area contributed by atoms with Crippen LogP contribution in [0.1, 0.15) is 36.0 Å². The summed E-state index contributed by atoms with van der Waals surface area (Å²) >= 11 is 1.46. The van der Waals surface area contributed by atoms with Crippen molar-refractivity contribution in [2.45, 2.75) is 38.8 Å². The number of pyridine rings is 2. The smallest absolute Gasteiger partial charge is 0.407 e. The highest BCUT2D eigenvalue weighted by Gasteiger charge is 2.25. The van der Waals surface area contributed by atoms with Crippen LogP contribution in [0.25, 0.3) is 20.8 Å². The number of fused-ring (bicyclic) bond motifs is 1. The maximum atomic E-state index is 15.0. The summed E-state index contributed by atoms with van der Waals surface area (Å²) in [5, 5.41) is 2.33. The Morgan fingerprint density at radius 1 is 0.855 bits per heavy atom. The lowest BCUT2D eigenvalue weighted by atomic mass is 10.0. The predicted octanol–water partition coefficient (Wildman–Crippen LogP) is 6.32. The summed E-state index contributed by atoms with van der Waals surface area (Å²) in [6.45, 7) is 2.17. The van der Waals surface area contributed by atoms with Crippen LogP contribution in [0.15, 0.2) is 85.2 Å². The SMILES string of the molecule is O=C(Cc1ccc(Oc2ccnc3cc(-c4ccc(CN5CCN(C(=O)COC(=O)CNC(=O)OCc6ccccc6)CC5)cn4)sc23)c(F)c1)CC1CC1. The minimum Gasteiger partial charge on any atom is -0.454 e. The third-order valence-corrected chi connectivity index (χ3v) is 10.5. The van der Waals surface area contributed by atoms with Gasteiger partial charge in [-0.1, -0.05) is 42.5 Å². The molecule has 55 heavy (non-hydrogen) atoms. The number of carbonyl (C=O) groups is 4. The number of alkyl carbamates (subject to hydrolysis) is 1. The molecular weight excluding hydrogens is 726 g/mol. The van der Waals surface area contributed by atoms with E-state index >= 15 is 4.39 Å². The van der Waals surface area contributed by atoms with Crippen LogP contribution in [0.5, 0.6) is 11.5 Å². The number of nitrogens with zero attached hydrogens (tertiary/aromatic N) is 4. The van der Waals surface area contributed by atoms with Gasteiger partial charge >= 0.3 is 12.1 Å². The van der Waals surface area contributed by atoms with Crippen LogP contribution in [-0.4, -0.2) is 82.9 Å². The molecule has 1 N–H and O–H groups in total. The summed E-state index contributed by atoms with van der Waals surface area (Å²) < 4.78 is 32.0. The number of hydrogen-bond donors (Lipinski definition) is 1. The van der Waals surface area contributed by atoms with Gasteiger partial charge in [0.15, 0.2) is 18.2 Å². The van der Waals surface area contributed by atoms with Gasteiger partial charge in [0, 0.05) is 64.0 Å². The van der Waals surface area contributed by atoms with Crippen LogP contribution in [-0.2, 0) is 43.4 Å². The Morgan fingerprint density at radius 2 is 1.65 bits per heavy atom. The molecule has 0 radical (unpaired) electrons. The number of thiophene rings is 1. The molecule has 1 aliphatic heterocycles. The Morgan fingerprint density at radius 3 is 2.40 bits per heavy atom. The molecule has 5 aromatic rings. The molecule has 1 aliphatic carbocycles. The number of piperazine rings is 1. The molecule has 12 nitrogen and oxygen atoms in total. The van der Waals surface area contributed by atoms with Crippen molar-refractivity contribution in [2.24, 2.45) is 5.92 Å². The van der Waals surface area contributed by atoms with E-state index in [1.807, 2.05) is 54.7 Å². The average Bonchev–Trinajstić information content (AvgIpc) is 3.90. The van der Waals surface area contributed by atoms with Gasteiger partial charge in [0.05, 0.1) is 20.8 Å². The summed E-state index contributed by atoms with van der Waals surface area (Å²) in [4.78, 5) is 62.8. The van der Waals surface area contributed by atoms with Crippen LogP contribution >= 0.6 is 11.3 Å². The molecule has 2 amide bonds. The quantitative estimate of drug-likeness (QED) is 0.121. The Kier molecular flexibility index (Phi) is 12.0. The molecule has 1 saturated carbocycles. The summed E-state index contributed by atoms with van der Waals surface area (Å²) in [5.41, 5.74) is 3.96. The Hall–Kier alpha value is -5.73. The van der Waals surface area contributed by atoms with Crippen molar-refractivity contribution in [1.82, 2.24) is 25.1 Å². The molecule has 3 aromatic heterocycles. The highest BCUT2D eigenvalue weighted by atomic mass is 32.1. The molecule has 0 bridgehead atoms. The maximum absolute atomic E-state index is 15.0. The van der Waals surface area contributed by atoms with Crippen molar-refractivity contribution in [1.29, 1.82) is 0 Å². The summed E-state index contributed by atoms with van der Waals surface area (Å²) in [5.74, 6) is -0.342. The average molecular weight is 766 g/mol. The number of rotatable bonds is 15. The Balaban J connectivity index is 0.850. The first-order chi connectivity index (χ1) is 26.8. The Labute approximate surface area is 321 Å². The number of amides is 2. The number of hydrogen-bond acceptors (Lipinski definition) is 11. The Bertz CT molecular complexity index is 2150. The van der Waals surface area contributed by atoms with E-state index in [0.29, 0.717) is 61.9 Å². The second-order valence-corrected chi connectivity index (χ2v) is 14.7. The van der Waals surface area contributed by atoms with Crippen LogP contribution in [0, 0.1) is 11.7 Å². The fraction of sp³-hybridized carbons (Fsp3) is 0.317. The van der Waals surface area contributed by atoms with E-state index in [9.17, 15) is 19.2 Å². The number of halogens is 1. The van der Waals surface area contributed by atoms with Crippen molar-refractivity contribution in [2.75, 3.05) is 39.3 Å². The van der Waals surface area contributed by atoms with E-state index in [-0.39, 0.29) is 30.5 Å². The zero-order valence-electron chi connectivity index (χ0n) is 30.1. The molecule has 2 fully saturated rings. The summed E-state index contributed by atoms with van der Waals surface area (Å²) in [7, 11) is 0. The number of Topliss-reactive ketones (excluding diaryl/α,β-unsaturated/α-hetero) is 1. The van der Waals surface area contributed by atoms with Crippen molar-refractivity contribution >= 4 is 45.3 Å². The van der Waals surface area contributed by atoms with Gasteiger partial charge in [0.2, 0.25) is 0 Å². The van der Waals surface area contributed by atoms with Crippen LogP contribution in [0.3, 0.4) is 0 Å². The molecule has 2 aliphatic rings. The zero-order valence-corrected chi connectivity index (χ0v) is 30.9. The third kappa shape index (κ3) is 10.5. The molecule has 0 spiro atoms. The minimum atomic E-state index is -0.753. The lowest BCUT2D eigenvalue weighted by molar-refractivity contribution is -0.152. The molecule has 1 saturated heterocycles. The molecule has 2 aromatic carbocycles. The highest BCUT2D eigenvalue weighted by Crippen LogP contribution is 2.39. The molecule has 4 heterocycles. The second-order valence-electron chi connectivity index (χ2n) is 13.6. The first-order valence-corrected chi connectivity index (χ1v) is 19.0. The number of aromatic nitrogens is 2. The number of nitrogens with one attached hydrogen (secondary N) is 1. The molecule has 0 unspecified atom stereocenters. The lowest BCUT2D eigenvalue weighted by Crippen LogP contribution is -2.49. The van der Waals surface area contributed by atoms with Gasteiger partial charge in [0.1, 0.15) is 24.7 Å². The minimum absolute atomic E-state index is 0.0739. The molecule has 14 heteroatoms. The summed E-state index contributed by atoms with van der Waals surface area (Å²) in [6.07, 6.45) is 5.71.